The van der Waals surface area contributed by atoms with Crippen molar-refractivity contribution < 1.29 is 23.9 Å². The topological polar surface area (TPSA) is 100 Å². The normalized spacial score (nSPS) is 22.3. The van der Waals surface area contributed by atoms with Crippen molar-refractivity contribution in [2.45, 2.75) is 58.5 Å². The third-order valence-corrected chi connectivity index (χ3v) is 6.95. The van der Waals surface area contributed by atoms with Crippen LogP contribution in [0.5, 0.6) is 11.5 Å². The molecule has 0 aromatic heterocycles. The Morgan fingerprint density at radius 3 is 2.56 bits per heavy atom. The molecule has 3 rings (SSSR count). The lowest BCUT2D eigenvalue weighted by molar-refractivity contribution is -0.136. The van der Waals surface area contributed by atoms with E-state index in [0.717, 1.165) is 42.9 Å². The van der Waals surface area contributed by atoms with Gasteiger partial charge < -0.3 is 25.0 Å². The van der Waals surface area contributed by atoms with E-state index in [2.05, 4.69) is 36.3 Å². The van der Waals surface area contributed by atoms with Crippen molar-refractivity contribution in [1.29, 1.82) is 0 Å². The van der Waals surface area contributed by atoms with Crippen LogP contribution in [0.1, 0.15) is 52.0 Å². The van der Waals surface area contributed by atoms with Gasteiger partial charge in [0.2, 0.25) is 5.91 Å². The maximum atomic E-state index is 12.9. The summed E-state index contributed by atoms with van der Waals surface area (Å²) in [4.78, 5) is 41.2. The lowest BCUT2D eigenvalue weighted by Crippen LogP contribution is -2.49. The molecule has 188 valence electrons. The number of amides is 4. The summed E-state index contributed by atoms with van der Waals surface area (Å²) >= 11 is 0. The molecule has 34 heavy (non-hydrogen) atoms. The van der Waals surface area contributed by atoms with E-state index in [1.54, 1.807) is 7.11 Å². The second kappa shape index (κ2) is 11.6. The highest BCUT2D eigenvalue weighted by Crippen LogP contribution is 2.36. The van der Waals surface area contributed by atoms with Crippen LogP contribution in [0.15, 0.2) is 18.2 Å². The molecule has 1 aliphatic heterocycles. The molecular weight excluding hydrogens is 436 g/mol. The van der Waals surface area contributed by atoms with Crippen LogP contribution in [0.2, 0.25) is 0 Å². The summed E-state index contributed by atoms with van der Waals surface area (Å²) < 4.78 is 11.3. The zero-order chi connectivity index (χ0) is 24.7. The van der Waals surface area contributed by atoms with Crippen LogP contribution >= 0.6 is 0 Å². The van der Waals surface area contributed by atoms with Gasteiger partial charge in [0.05, 0.1) is 7.11 Å². The number of imide groups is 1. The Morgan fingerprint density at radius 2 is 1.91 bits per heavy atom. The third kappa shape index (κ3) is 6.00. The summed E-state index contributed by atoms with van der Waals surface area (Å²) in [6.07, 6.45) is 3.03. The number of likely N-dealkylation sites (N-methyl/N-ethyl adjacent to an activating group) is 1. The monoisotopic (exact) mass is 474 g/mol. The van der Waals surface area contributed by atoms with Crippen LogP contribution in [0.25, 0.3) is 0 Å². The summed E-state index contributed by atoms with van der Waals surface area (Å²) in [5.74, 6) is 1.12. The molecule has 1 heterocycles. The molecule has 2 fully saturated rings. The Hall–Kier alpha value is -2.81. The van der Waals surface area contributed by atoms with Crippen molar-refractivity contribution in [3.8, 4) is 11.5 Å². The highest BCUT2D eigenvalue weighted by molar-refractivity contribution is 6.09. The van der Waals surface area contributed by atoms with E-state index in [1.165, 1.54) is 0 Å². The van der Waals surface area contributed by atoms with Crippen molar-refractivity contribution >= 4 is 17.8 Å². The molecule has 0 radical (unpaired) electrons. The van der Waals surface area contributed by atoms with Gasteiger partial charge in [-0.25, -0.2) is 4.79 Å². The smallest absolute Gasteiger partial charge is 0.325 e. The van der Waals surface area contributed by atoms with Gasteiger partial charge in [0.1, 0.15) is 18.7 Å². The van der Waals surface area contributed by atoms with Crippen molar-refractivity contribution in [3.05, 3.63) is 23.8 Å². The number of benzene rings is 1. The van der Waals surface area contributed by atoms with E-state index in [1.807, 2.05) is 18.2 Å². The maximum Gasteiger partial charge on any atom is 0.325 e. The van der Waals surface area contributed by atoms with Crippen molar-refractivity contribution in [2.75, 3.05) is 39.9 Å². The Morgan fingerprint density at radius 1 is 1.21 bits per heavy atom. The Labute approximate surface area is 202 Å². The first-order valence-electron chi connectivity index (χ1n) is 12.2. The largest absolute Gasteiger partial charge is 0.493 e. The van der Waals surface area contributed by atoms with Crippen molar-refractivity contribution in [2.24, 2.45) is 5.92 Å². The van der Waals surface area contributed by atoms with Crippen LogP contribution in [0, 0.1) is 5.92 Å². The number of carbonyl (C=O) groups is 3. The molecular formula is C25H38N4O5. The fraction of sp³-hybridized carbons (Fsp3) is 0.640. The van der Waals surface area contributed by atoms with E-state index < -0.39 is 11.6 Å². The standard InChI is InChI=1S/C25H38N4O5/c1-5-28(6-2)13-14-34-20-8-7-19(15-21(20)33-4)16-26-22(30)17-29-23(31)25(27-24(29)32)11-9-18(3)10-12-25/h7-8,15,18H,5-6,9-14,16-17H2,1-4H3,(H,26,30)(H,27,32). The fourth-order valence-corrected chi connectivity index (χ4v) is 4.58. The molecule has 2 aliphatic rings. The molecule has 1 spiro atoms. The van der Waals surface area contributed by atoms with Crippen LogP contribution in [-0.2, 0) is 16.1 Å². The molecule has 2 N–H and O–H groups in total. The molecule has 0 atom stereocenters. The number of hydrogen-bond acceptors (Lipinski definition) is 6. The van der Waals surface area contributed by atoms with Gasteiger partial charge in [0, 0.05) is 13.1 Å². The van der Waals surface area contributed by atoms with Crippen molar-refractivity contribution in [1.82, 2.24) is 20.4 Å². The number of urea groups is 1. The predicted molar refractivity (Wildman–Crippen MR) is 129 cm³/mol. The Bertz CT molecular complexity index is 878. The van der Waals surface area contributed by atoms with E-state index >= 15 is 0 Å². The zero-order valence-electron chi connectivity index (χ0n) is 20.8. The number of nitrogens with one attached hydrogen (secondary N) is 2. The molecule has 1 aromatic rings. The first-order chi connectivity index (χ1) is 16.3. The van der Waals surface area contributed by atoms with E-state index in [-0.39, 0.29) is 24.9 Å². The number of methoxy groups -OCH3 is 1. The van der Waals surface area contributed by atoms with Gasteiger partial charge in [-0.1, -0.05) is 26.8 Å². The maximum absolute atomic E-state index is 12.9. The predicted octanol–water partition coefficient (Wildman–Crippen LogP) is 2.53. The summed E-state index contributed by atoms with van der Waals surface area (Å²) in [7, 11) is 1.58. The minimum Gasteiger partial charge on any atom is -0.493 e. The zero-order valence-corrected chi connectivity index (χ0v) is 20.8. The first kappa shape index (κ1) is 25.8. The molecule has 1 aromatic carbocycles. The molecule has 1 saturated carbocycles. The quantitative estimate of drug-likeness (QED) is 0.478. The molecule has 1 saturated heterocycles. The van der Waals surface area contributed by atoms with E-state index in [0.29, 0.717) is 36.9 Å². The van der Waals surface area contributed by atoms with Crippen molar-refractivity contribution in [3.63, 3.8) is 0 Å². The van der Waals surface area contributed by atoms with Crippen LogP contribution in [0.4, 0.5) is 4.79 Å². The first-order valence-corrected chi connectivity index (χ1v) is 12.2. The number of nitrogens with zero attached hydrogens (tertiary/aromatic N) is 2. The lowest BCUT2D eigenvalue weighted by Gasteiger charge is -2.33. The minimum atomic E-state index is -0.835. The van der Waals surface area contributed by atoms with Crippen LogP contribution in [-0.4, -0.2) is 73.1 Å². The van der Waals surface area contributed by atoms with Crippen LogP contribution in [0.3, 0.4) is 0 Å². The molecule has 0 unspecified atom stereocenters. The number of rotatable bonds is 11. The molecule has 1 aliphatic carbocycles. The summed E-state index contributed by atoms with van der Waals surface area (Å²) in [5.41, 5.74) is -0.00512. The second-order valence-corrected chi connectivity index (χ2v) is 9.22. The number of carbonyl (C=O) groups excluding carboxylic acids is 3. The van der Waals surface area contributed by atoms with Gasteiger partial charge >= 0.3 is 6.03 Å². The second-order valence-electron chi connectivity index (χ2n) is 9.22. The molecule has 9 nitrogen and oxygen atoms in total. The average Bonchev–Trinajstić information content (AvgIpc) is 3.06. The summed E-state index contributed by atoms with van der Waals surface area (Å²) in [5, 5.41) is 5.64. The summed E-state index contributed by atoms with van der Waals surface area (Å²) in [6.45, 7) is 9.69. The Balaban J connectivity index is 1.51. The number of ether oxygens (including phenoxy) is 2. The van der Waals surface area contributed by atoms with Gasteiger partial charge in [0.15, 0.2) is 11.5 Å². The van der Waals surface area contributed by atoms with E-state index in [4.69, 9.17) is 9.47 Å². The number of hydrogen-bond donors (Lipinski definition) is 2. The fourth-order valence-electron chi connectivity index (χ4n) is 4.58. The Kier molecular flexibility index (Phi) is 8.77. The van der Waals surface area contributed by atoms with Gasteiger partial charge in [0.25, 0.3) is 5.91 Å². The van der Waals surface area contributed by atoms with Gasteiger partial charge in [-0.05, 0) is 62.4 Å². The highest BCUT2D eigenvalue weighted by atomic mass is 16.5. The van der Waals surface area contributed by atoms with Gasteiger partial charge in [-0.2, -0.15) is 0 Å². The van der Waals surface area contributed by atoms with Gasteiger partial charge in [-0.3, -0.25) is 14.5 Å². The minimum absolute atomic E-state index is 0.251. The lowest BCUT2D eigenvalue weighted by atomic mass is 9.77. The third-order valence-electron chi connectivity index (χ3n) is 6.95. The average molecular weight is 475 g/mol. The SMILES string of the molecule is CCN(CC)CCOc1ccc(CNC(=O)CN2C(=O)NC3(CCC(C)CC3)C2=O)cc1OC. The highest BCUT2D eigenvalue weighted by Gasteiger charge is 2.52. The molecule has 4 amide bonds. The molecule has 0 bridgehead atoms. The molecule has 9 heteroatoms. The summed E-state index contributed by atoms with van der Waals surface area (Å²) in [6, 6.07) is 5.02. The van der Waals surface area contributed by atoms with Crippen LogP contribution < -0.4 is 20.1 Å². The van der Waals surface area contributed by atoms with E-state index in [9.17, 15) is 14.4 Å². The van der Waals surface area contributed by atoms with Gasteiger partial charge in [-0.15, -0.1) is 0 Å².